The highest BCUT2D eigenvalue weighted by molar-refractivity contribution is 6.33. The van der Waals surface area contributed by atoms with Crippen LogP contribution in [0.1, 0.15) is 0 Å². The van der Waals surface area contributed by atoms with E-state index < -0.39 is 0 Å². The summed E-state index contributed by atoms with van der Waals surface area (Å²) < 4.78 is 6.72. The minimum absolute atomic E-state index is 0.934. The van der Waals surface area contributed by atoms with Gasteiger partial charge in [-0.25, -0.2) is 0 Å². The minimum atomic E-state index is 0.934. The van der Waals surface area contributed by atoms with Gasteiger partial charge in [-0.1, -0.05) is 115 Å². The fourth-order valence-corrected chi connectivity index (χ4v) is 7.44. The second-order valence-electron chi connectivity index (χ2n) is 11.7. The molecule has 0 radical (unpaired) electrons. The molecule has 1 nitrogen and oxygen atoms in total. The summed E-state index contributed by atoms with van der Waals surface area (Å²) in [6, 6.07) is 53.1. The molecule has 0 aliphatic carbocycles. The molecule has 198 valence electrons. The van der Waals surface area contributed by atoms with Crippen molar-refractivity contribution < 1.29 is 4.42 Å². The lowest BCUT2D eigenvalue weighted by Gasteiger charge is -2.15. The molecule has 0 bridgehead atoms. The first-order chi connectivity index (χ1) is 21.3. The summed E-state index contributed by atoms with van der Waals surface area (Å²) in [4.78, 5) is 0. The van der Waals surface area contributed by atoms with E-state index in [0.717, 1.165) is 21.9 Å². The van der Waals surface area contributed by atoms with Crippen molar-refractivity contribution >= 4 is 86.6 Å². The first-order valence-electron chi connectivity index (χ1n) is 14.8. The van der Waals surface area contributed by atoms with Crippen molar-refractivity contribution in [3.05, 3.63) is 146 Å². The van der Waals surface area contributed by atoms with Crippen LogP contribution in [0.25, 0.3) is 97.7 Å². The van der Waals surface area contributed by atoms with E-state index in [2.05, 4.69) is 146 Å². The third-order valence-electron chi connectivity index (χ3n) is 9.36. The van der Waals surface area contributed by atoms with E-state index in [-0.39, 0.29) is 0 Å². The molecular formula is C42H24O. The second-order valence-corrected chi connectivity index (χ2v) is 11.7. The number of rotatable bonds is 1. The molecule has 1 aromatic heterocycles. The number of benzene rings is 9. The normalized spacial score (nSPS) is 12.2. The number of hydrogen-bond donors (Lipinski definition) is 0. The number of fused-ring (bicyclic) bond motifs is 13. The Labute approximate surface area is 247 Å². The minimum Gasteiger partial charge on any atom is -0.455 e. The second kappa shape index (κ2) is 8.44. The zero-order chi connectivity index (χ0) is 28.1. The van der Waals surface area contributed by atoms with Crippen LogP contribution >= 0.6 is 0 Å². The van der Waals surface area contributed by atoms with Gasteiger partial charge in [0.2, 0.25) is 0 Å². The van der Waals surface area contributed by atoms with E-state index in [4.69, 9.17) is 4.42 Å². The Kier molecular flexibility index (Phi) is 4.51. The lowest BCUT2D eigenvalue weighted by Crippen LogP contribution is -1.88. The van der Waals surface area contributed by atoms with E-state index in [0.29, 0.717) is 0 Å². The summed E-state index contributed by atoms with van der Waals surface area (Å²) >= 11 is 0. The number of hydrogen-bond acceptors (Lipinski definition) is 1. The van der Waals surface area contributed by atoms with Crippen molar-refractivity contribution in [2.24, 2.45) is 0 Å². The molecule has 0 aliphatic heterocycles. The maximum Gasteiger partial charge on any atom is 0.143 e. The van der Waals surface area contributed by atoms with Crippen LogP contribution < -0.4 is 0 Å². The van der Waals surface area contributed by atoms with Crippen molar-refractivity contribution in [1.82, 2.24) is 0 Å². The Bertz CT molecular complexity index is 2710. The zero-order valence-corrected chi connectivity index (χ0v) is 23.3. The quantitative estimate of drug-likeness (QED) is 0.148. The lowest BCUT2D eigenvalue weighted by molar-refractivity contribution is 0.673. The Morgan fingerprint density at radius 3 is 1.60 bits per heavy atom. The van der Waals surface area contributed by atoms with Gasteiger partial charge in [0.15, 0.2) is 0 Å². The van der Waals surface area contributed by atoms with Gasteiger partial charge in [0.25, 0.3) is 0 Å². The summed E-state index contributed by atoms with van der Waals surface area (Å²) in [6.45, 7) is 0. The van der Waals surface area contributed by atoms with E-state index in [9.17, 15) is 0 Å². The van der Waals surface area contributed by atoms with Crippen LogP contribution in [-0.4, -0.2) is 0 Å². The van der Waals surface area contributed by atoms with Crippen LogP contribution in [0.15, 0.2) is 150 Å². The molecular weight excluding hydrogens is 520 g/mol. The van der Waals surface area contributed by atoms with E-state index in [1.165, 1.54) is 75.8 Å². The van der Waals surface area contributed by atoms with Gasteiger partial charge in [-0.05, 0) is 101 Å². The maximum atomic E-state index is 6.72. The highest BCUT2D eigenvalue weighted by Gasteiger charge is 2.18. The van der Waals surface area contributed by atoms with Gasteiger partial charge in [0, 0.05) is 16.2 Å². The van der Waals surface area contributed by atoms with Gasteiger partial charge in [-0.3, -0.25) is 0 Å². The predicted molar refractivity (Wildman–Crippen MR) is 184 cm³/mol. The molecule has 0 aliphatic rings. The highest BCUT2D eigenvalue weighted by Crippen LogP contribution is 2.44. The van der Waals surface area contributed by atoms with Crippen LogP contribution in [0.2, 0.25) is 0 Å². The summed E-state index contributed by atoms with van der Waals surface area (Å²) in [5.74, 6) is 0. The van der Waals surface area contributed by atoms with Crippen molar-refractivity contribution in [3.8, 4) is 11.1 Å². The summed E-state index contributed by atoms with van der Waals surface area (Å²) in [7, 11) is 0. The van der Waals surface area contributed by atoms with E-state index in [1.807, 2.05) is 0 Å². The van der Waals surface area contributed by atoms with Gasteiger partial charge in [-0.15, -0.1) is 0 Å². The molecule has 0 saturated heterocycles. The number of furan rings is 1. The van der Waals surface area contributed by atoms with Gasteiger partial charge in [0.05, 0.1) is 0 Å². The summed E-state index contributed by atoms with van der Waals surface area (Å²) in [5, 5.41) is 17.2. The summed E-state index contributed by atoms with van der Waals surface area (Å²) in [5.41, 5.74) is 4.43. The largest absolute Gasteiger partial charge is 0.455 e. The Morgan fingerprint density at radius 1 is 0.326 bits per heavy atom. The standard InChI is InChI=1S/C42H24O/c1-2-10-26-24-39-38(22-25(26)9-1)36-20-19-35-33-18-17-29(23-37(33)32-15-7-8-16-34(32)41(35)42(36)43-39)40-30-13-5-3-11-27(30)21-28-12-4-6-14-31(28)40/h1-24H. The first-order valence-corrected chi connectivity index (χ1v) is 14.8. The molecule has 9 aromatic carbocycles. The maximum absolute atomic E-state index is 6.72. The van der Waals surface area contributed by atoms with Crippen LogP contribution in [0.5, 0.6) is 0 Å². The molecule has 1 heteroatoms. The topological polar surface area (TPSA) is 13.1 Å². The molecule has 0 saturated carbocycles. The highest BCUT2D eigenvalue weighted by atomic mass is 16.3. The fourth-order valence-electron chi connectivity index (χ4n) is 7.44. The Balaban J connectivity index is 1.33. The SMILES string of the molecule is c1ccc2cc3c(cc2c1)oc1c3ccc2c3ccc(-c4c5ccccc5cc5ccccc45)cc3c3ccccc3c21. The predicted octanol–water partition coefficient (Wildman–Crippen LogP) is 12.2. The average Bonchev–Trinajstić information content (AvgIpc) is 3.43. The molecule has 0 amide bonds. The van der Waals surface area contributed by atoms with Crippen LogP contribution in [0, 0.1) is 0 Å². The molecule has 1 heterocycles. The Morgan fingerprint density at radius 2 is 0.860 bits per heavy atom. The van der Waals surface area contributed by atoms with E-state index >= 15 is 0 Å². The van der Waals surface area contributed by atoms with Gasteiger partial charge in [0.1, 0.15) is 11.2 Å². The van der Waals surface area contributed by atoms with Crippen molar-refractivity contribution in [3.63, 3.8) is 0 Å². The van der Waals surface area contributed by atoms with Crippen molar-refractivity contribution in [2.45, 2.75) is 0 Å². The third-order valence-corrected chi connectivity index (χ3v) is 9.36. The lowest BCUT2D eigenvalue weighted by atomic mass is 9.88. The molecule has 0 N–H and O–H groups in total. The fraction of sp³-hybridized carbons (Fsp3) is 0. The average molecular weight is 545 g/mol. The summed E-state index contributed by atoms with van der Waals surface area (Å²) in [6.07, 6.45) is 0. The van der Waals surface area contributed by atoms with Crippen LogP contribution in [0.3, 0.4) is 0 Å². The van der Waals surface area contributed by atoms with Gasteiger partial charge < -0.3 is 4.42 Å². The smallest absolute Gasteiger partial charge is 0.143 e. The monoisotopic (exact) mass is 544 g/mol. The third kappa shape index (κ3) is 3.17. The molecule has 43 heavy (non-hydrogen) atoms. The molecule has 10 aromatic rings. The zero-order valence-electron chi connectivity index (χ0n) is 23.3. The molecule has 0 fully saturated rings. The van der Waals surface area contributed by atoms with Gasteiger partial charge >= 0.3 is 0 Å². The van der Waals surface area contributed by atoms with Gasteiger partial charge in [-0.2, -0.15) is 0 Å². The molecule has 0 spiro atoms. The Hall–Kier alpha value is -5.66. The first kappa shape index (κ1) is 23.0. The van der Waals surface area contributed by atoms with E-state index in [1.54, 1.807) is 0 Å². The van der Waals surface area contributed by atoms with Crippen molar-refractivity contribution in [1.29, 1.82) is 0 Å². The van der Waals surface area contributed by atoms with Crippen LogP contribution in [-0.2, 0) is 0 Å². The van der Waals surface area contributed by atoms with Crippen LogP contribution in [0.4, 0.5) is 0 Å². The molecule has 10 rings (SSSR count). The van der Waals surface area contributed by atoms with Crippen molar-refractivity contribution in [2.75, 3.05) is 0 Å². The molecule has 0 atom stereocenters. The molecule has 0 unspecified atom stereocenters.